The summed E-state index contributed by atoms with van der Waals surface area (Å²) in [5.74, 6) is -0.0645. The Morgan fingerprint density at radius 3 is 2.86 bits per heavy atom. The van der Waals surface area contributed by atoms with Gasteiger partial charge in [0.05, 0.1) is 5.02 Å². The molecule has 0 bridgehead atoms. The smallest absolute Gasteiger partial charge is 0.267 e. The van der Waals surface area contributed by atoms with Crippen molar-refractivity contribution in [1.29, 1.82) is 0 Å². The Hall–Kier alpha value is -1.81. The first-order valence-electron chi connectivity index (χ1n) is 6.97. The van der Waals surface area contributed by atoms with E-state index in [2.05, 4.69) is 28.7 Å². The molecule has 5 heteroatoms. The highest BCUT2D eigenvalue weighted by Crippen LogP contribution is 2.41. The van der Waals surface area contributed by atoms with E-state index >= 15 is 0 Å². The van der Waals surface area contributed by atoms with Gasteiger partial charge in [0.2, 0.25) is 0 Å². The Morgan fingerprint density at radius 2 is 2.19 bits per heavy atom. The van der Waals surface area contributed by atoms with Crippen molar-refractivity contribution in [1.82, 2.24) is 14.9 Å². The third-order valence-electron chi connectivity index (χ3n) is 3.96. The van der Waals surface area contributed by atoms with Crippen LogP contribution in [0.5, 0.6) is 0 Å². The molecule has 0 aromatic carbocycles. The number of fused-ring (bicyclic) bond motifs is 1. The number of nitrogens with one attached hydrogen (secondary N) is 1. The molecule has 1 aliphatic rings. The summed E-state index contributed by atoms with van der Waals surface area (Å²) >= 11 is 6.28. The number of hydrogen-bond acceptors (Lipinski definition) is 2. The molecule has 0 fully saturated rings. The van der Waals surface area contributed by atoms with E-state index < -0.39 is 0 Å². The van der Waals surface area contributed by atoms with Crippen LogP contribution in [0.4, 0.5) is 0 Å². The van der Waals surface area contributed by atoms with Crippen molar-refractivity contribution in [3.63, 3.8) is 0 Å². The van der Waals surface area contributed by atoms with Gasteiger partial charge >= 0.3 is 0 Å². The van der Waals surface area contributed by atoms with Gasteiger partial charge in [-0.05, 0) is 24.0 Å². The SMILES string of the molecule is CNC(=O)c1cc(-c2ccncc2Cl)c2n1CC(C)(C)C2. The van der Waals surface area contributed by atoms with Crippen LogP contribution in [-0.4, -0.2) is 22.5 Å². The van der Waals surface area contributed by atoms with Crippen molar-refractivity contribution in [3.8, 4) is 11.1 Å². The summed E-state index contributed by atoms with van der Waals surface area (Å²) in [7, 11) is 1.65. The monoisotopic (exact) mass is 303 g/mol. The van der Waals surface area contributed by atoms with E-state index in [1.54, 1.807) is 19.4 Å². The van der Waals surface area contributed by atoms with Gasteiger partial charge in [0.25, 0.3) is 5.91 Å². The molecule has 1 N–H and O–H groups in total. The molecule has 0 spiro atoms. The summed E-state index contributed by atoms with van der Waals surface area (Å²) in [6, 6.07) is 3.84. The van der Waals surface area contributed by atoms with E-state index in [0.29, 0.717) is 10.7 Å². The number of carbonyl (C=O) groups is 1. The Balaban J connectivity index is 2.20. The predicted octanol–water partition coefficient (Wildman–Crippen LogP) is 3.15. The lowest BCUT2D eigenvalue weighted by atomic mass is 9.89. The number of carbonyl (C=O) groups excluding carboxylic acids is 1. The van der Waals surface area contributed by atoms with Crippen LogP contribution in [0, 0.1) is 5.41 Å². The van der Waals surface area contributed by atoms with Gasteiger partial charge in [0.1, 0.15) is 5.69 Å². The molecule has 0 aliphatic carbocycles. The molecule has 4 nitrogen and oxygen atoms in total. The van der Waals surface area contributed by atoms with Crippen molar-refractivity contribution >= 4 is 17.5 Å². The van der Waals surface area contributed by atoms with Crippen LogP contribution >= 0.6 is 11.6 Å². The average molecular weight is 304 g/mol. The number of rotatable bonds is 2. The second kappa shape index (κ2) is 4.88. The van der Waals surface area contributed by atoms with Crippen LogP contribution in [0.15, 0.2) is 24.5 Å². The molecule has 0 radical (unpaired) electrons. The van der Waals surface area contributed by atoms with E-state index in [0.717, 1.165) is 24.1 Å². The lowest BCUT2D eigenvalue weighted by molar-refractivity contribution is 0.0953. The Morgan fingerprint density at radius 1 is 1.43 bits per heavy atom. The van der Waals surface area contributed by atoms with Crippen LogP contribution in [0.1, 0.15) is 30.0 Å². The Bertz CT molecular complexity index is 718. The van der Waals surface area contributed by atoms with E-state index in [-0.39, 0.29) is 11.3 Å². The largest absolute Gasteiger partial charge is 0.354 e. The average Bonchev–Trinajstić information content (AvgIpc) is 2.92. The lowest BCUT2D eigenvalue weighted by Gasteiger charge is -2.16. The van der Waals surface area contributed by atoms with Crippen LogP contribution in [0.3, 0.4) is 0 Å². The molecule has 0 atom stereocenters. The Labute approximate surface area is 129 Å². The van der Waals surface area contributed by atoms with E-state index in [9.17, 15) is 4.79 Å². The zero-order valence-corrected chi connectivity index (χ0v) is 13.2. The molecule has 0 unspecified atom stereocenters. The minimum Gasteiger partial charge on any atom is -0.354 e. The third-order valence-corrected chi connectivity index (χ3v) is 4.26. The molecule has 2 aromatic rings. The summed E-state index contributed by atoms with van der Waals surface area (Å²) in [6.07, 6.45) is 4.30. The fourth-order valence-corrected chi connectivity index (χ4v) is 3.26. The van der Waals surface area contributed by atoms with Crippen molar-refractivity contribution in [3.05, 3.63) is 40.9 Å². The predicted molar refractivity (Wildman–Crippen MR) is 83.5 cm³/mol. The fourth-order valence-electron chi connectivity index (χ4n) is 3.04. The minimum absolute atomic E-state index is 0.0645. The van der Waals surface area contributed by atoms with Crippen LogP contribution in [0.2, 0.25) is 5.02 Å². The maximum Gasteiger partial charge on any atom is 0.267 e. The summed E-state index contributed by atoms with van der Waals surface area (Å²) in [5, 5.41) is 3.32. The van der Waals surface area contributed by atoms with Gasteiger partial charge in [-0.2, -0.15) is 0 Å². The number of aromatic nitrogens is 2. The first-order chi connectivity index (χ1) is 9.93. The van der Waals surface area contributed by atoms with Crippen molar-refractivity contribution < 1.29 is 4.79 Å². The van der Waals surface area contributed by atoms with Crippen LogP contribution < -0.4 is 5.32 Å². The Kier molecular flexibility index (Phi) is 3.29. The summed E-state index contributed by atoms with van der Waals surface area (Å²) < 4.78 is 2.12. The highest BCUT2D eigenvalue weighted by atomic mass is 35.5. The molecule has 0 saturated carbocycles. The number of halogens is 1. The van der Waals surface area contributed by atoms with Crippen LogP contribution in [0.25, 0.3) is 11.1 Å². The molecule has 3 heterocycles. The molecule has 110 valence electrons. The lowest BCUT2D eigenvalue weighted by Crippen LogP contribution is -2.22. The van der Waals surface area contributed by atoms with Crippen LogP contribution in [-0.2, 0) is 13.0 Å². The second-order valence-electron chi connectivity index (χ2n) is 6.25. The quantitative estimate of drug-likeness (QED) is 0.926. The molecular weight excluding hydrogens is 286 g/mol. The third kappa shape index (κ3) is 2.33. The van der Waals surface area contributed by atoms with E-state index in [1.807, 2.05) is 12.1 Å². The van der Waals surface area contributed by atoms with Crippen molar-refractivity contribution in [2.45, 2.75) is 26.8 Å². The number of hydrogen-bond donors (Lipinski definition) is 1. The molecular formula is C16H18ClN3O. The highest BCUT2D eigenvalue weighted by Gasteiger charge is 2.34. The molecule has 0 saturated heterocycles. The first-order valence-corrected chi connectivity index (χ1v) is 7.35. The van der Waals surface area contributed by atoms with Crippen molar-refractivity contribution in [2.75, 3.05) is 7.05 Å². The van der Waals surface area contributed by atoms with Gasteiger partial charge < -0.3 is 9.88 Å². The zero-order chi connectivity index (χ0) is 15.2. The highest BCUT2D eigenvalue weighted by molar-refractivity contribution is 6.33. The fraction of sp³-hybridized carbons (Fsp3) is 0.375. The number of amides is 1. The van der Waals surface area contributed by atoms with E-state index in [1.165, 1.54) is 5.69 Å². The molecule has 2 aromatic heterocycles. The normalized spacial score (nSPS) is 15.8. The van der Waals surface area contributed by atoms with Gasteiger partial charge in [0, 0.05) is 42.8 Å². The molecule has 21 heavy (non-hydrogen) atoms. The summed E-state index contributed by atoms with van der Waals surface area (Å²) in [6.45, 7) is 5.27. The molecule has 3 rings (SSSR count). The second-order valence-corrected chi connectivity index (χ2v) is 6.66. The summed E-state index contributed by atoms with van der Waals surface area (Å²) in [4.78, 5) is 16.2. The van der Waals surface area contributed by atoms with Gasteiger partial charge in [-0.25, -0.2) is 0 Å². The first kappa shape index (κ1) is 14.1. The summed E-state index contributed by atoms with van der Waals surface area (Å²) in [5.41, 5.74) is 3.98. The maximum atomic E-state index is 12.1. The van der Waals surface area contributed by atoms with Gasteiger partial charge in [-0.15, -0.1) is 0 Å². The minimum atomic E-state index is -0.0645. The number of pyridine rings is 1. The maximum absolute atomic E-state index is 12.1. The van der Waals surface area contributed by atoms with Gasteiger partial charge in [-0.3, -0.25) is 9.78 Å². The zero-order valence-electron chi connectivity index (χ0n) is 12.4. The van der Waals surface area contributed by atoms with Gasteiger partial charge in [0.15, 0.2) is 0 Å². The molecule has 1 aliphatic heterocycles. The number of nitrogens with zero attached hydrogens (tertiary/aromatic N) is 2. The van der Waals surface area contributed by atoms with E-state index in [4.69, 9.17) is 11.6 Å². The van der Waals surface area contributed by atoms with Gasteiger partial charge in [-0.1, -0.05) is 25.4 Å². The van der Waals surface area contributed by atoms with Crippen molar-refractivity contribution in [2.24, 2.45) is 5.41 Å². The standard InChI is InChI=1S/C16H18ClN3O/c1-16(2)7-14-11(10-4-5-19-8-12(10)17)6-13(15(21)18-3)20(14)9-16/h4-6,8H,7,9H2,1-3H3,(H,18,21). The molecule has 1 amide bonds. The topological polar surface area (TPSA) is 46.9 Å².